The lowest BCUT2D eigenvalue weighted by atomic mass is 10.0. The second-order valence-electron chi connectivity index (χ2n) is 4.44. The van der Waals surface area contributed by atoms with Crippen LogP contribution in [0.4, 0.5) is 0 Å². The molecule has 1 aromatic rings. The van der Waals surface area contributed by atoms with Gasteiger partial charge in [0.15, 0.2) is 5.76 Å². The second-order valence-corrected chi connectivity index (χ2v) is 5.21. The SMILES string of the molecule is CCOC(C)(OCC)/C(OP=O)=C(/C)c1ccc(Cl)cc1. The maximum atomic E-state index is 11.0. The summed E-state index contributed by atoms with van der Waals surface area (Å²) >= 11 is 5.90. The van der Waals surface area contributed by atoms with Crippen molar-refractivity contribution in [1.29, 1.82) is 0 Å². The standard InChI is InChI=1S/C15H20ClO4P/c1-5-18-15(4,19-6-2)14(20-21-17)11(3)12-7-9-13(16)10-8-12/h7-10H,5-6H2,1-4H3/b14-11+. The van der Waals surface area contributed by atoms with Gasteiger partial charge in [0.2, 0.25) is 5.79 Å². The number of benzene rings is 1. The van der Waals surface area contributed by atoms with Gasteiger partial charge in [0.1, 0.15) is 0 Å². The molecule has 0 spiro atoms. The van der Waals surface area contributed by atoms with Crippen LogP contribution in [0.25, 0.3) is 5.57 Å². The number of halogens is 1. The molecule has 0 heterocycles. The smallest absolute Gasteiger partial charge is 0.395 e. The van der Waals surface area contributed by atoms with Crippen LogP contribution in [0.15, 0.2) is 30.0 Å². The molecule has 0 bridgehead atoms. The van der Waals surface area contributed by atoms with Crippen LogP contribution in [0, 0.1) is 0 Å². The Morgan fingerprint density at radius 3 is 2.14 bits per heavy atom. The fourth-order valence-corrected chi connectivity index (χ4v) is 2.59. The lowest BCUT2D eigenvalue weighted by Crippen LogP contribution is -2.36. The predicted molar refractivity (Wildman–Crippen MR) is 84.4 cm³/mol. The summed E-state index contributed by atoms with van der Waals surface area (Å²) in [5.41, 5.74) is 1.67. The van der Waals surface area contributed by atoms with E-state index in [-0.39, 0.29) is 0 Å². The highest BCUT2D eigenvalue weighted by Crippen LogP contribution is 2.34. The van der Waals surface area contributed by atoms with E-state index in [1.165, 1.54) is 0 Å². The fourth-order valence-electron chi connectivity index (χ4n) is 2.08. The highest BCUT2D eigenvalue weighted by Gasteiger charge is 2.35. The van der Waals surface area contributed by atoms with Gasteiger partial charge in [-0.2, -0.15) is 0 Å². The van der Waals surface area contributed by atoms with Gasteiger partial charge in [-0.25, -0.2) is 4.57 Å². The number of rotatable bonds is 8. The maximum absolute atomic E-state index is 11.0. The van der Waals surface area contributed by atoms with Crippen molar-refractivity contribution in [3.8, 4) is 0 Å². The van der Waals surface area contributed by atoms with E-state index in [0.717, 1.165) is 11.1 Å². The number of hydrogen-bond donors (Lipinski definition) is 0. The summed E-state index contributed by atoms with van der Waals surface area (Å²) in [6.07, 6.45) is 0. The second kappa shape index (κ2) is 8.50. The van der Waals surface area contributed by atoms with E-state index in [0.29, 0.717) is 24.0 Å². The summed E-state index contributed by atoms with van der Waals surface area (Å²) in [4.78, 5) is 0. The van der Waals surface area contributed by atoms with Gasteiger partial charge >= 0.3 is 8.69 Å². The molecule has 0 aliphatic rings. The molecule has 6 heteroatoms. The van der Waals surface area contributed by atoms with Gasteiger partial charge in [-0.3, -0.25) is 0 Å². The number of allylic oxidation sites excluding steroid dienone is 1. The van der Waals surface area contributed by atoms with E-state index < -0.39 is 14.5 Å². The predicted octanol–water partition coefficient (Wildman–Crippen LogP) is 5.08. The van der Waals surface area contributed by atoms with Crippen molar-refractivity contribution < 1.29 is 18.6 Å². The average Bonchev–Trinajstić information content (AvgIpc) is 2.45. The molecule has 0 amide bonds. The quantitative estimate of drug-likeness (QED) is 0.378. The van der Waals surface area contributed by atoms with Crippen molar-refractivity contribution in [2.24, 2.45) is 0 Å². The van der Waals surface area contributed by atoms with E-state index in [2.05, 4.69) is 0 Å². The van der Waals surface area contributed by atoms with E-state index in [9.17, 15) is 4.57 Å². The Kier molecular flexibility index (Phi) is 7.33. The first-order valence-electron chi connectivity index (χ1n) is 6.73. The molecule has 0 saturated heterocycles. The van der Waals surface area contributed by atoms with E-state index in [1.807, 2.05) is 32.9 Å². The highest BCUT2D eigenvalue weighted by molar-refractivity contribution is 7.17. The molecule has 0 aliphatic carbocycles. The lowest BCUT2D eigenvalue weighted by Gasteiger charge is -2.31. The molecule has 0 aliphatic heterocycles. The van der Waals surface area contributed by atoms with Gasteiger partial charge < -0.3 is 14.0 Å². The molecule has 0 atom stereocenters. The van der Waals surface area contributed by atoms with Crippen LogP contribution in [-0.4, -0.2) is 19.0 Å². The maximum Gasteiger partial charge on any atom is 0.395 e. The zero-order chi connectivity index (χ0) is 15.9. The Morgan fingerprint density at radius 2 is 1.71 bits per heavy atom. The zero-order valence-electron chi connectivity index (χ0n) is 12.7. The number of hydrogen-bond acceptors (Lipinski definition) is 4. The minimum absolute atomic E-state index is 0.380. The first kappa shape index (κ1) is 18.1. The average molecular weight is 331 g/mol. The Bertz CT molecular complexity index is 493. The molecule has 0 aromatic heterocycles. The molecule has 0 saturated carbocycles. The Balaban J connectivity index is 3.32. The van der Waals surface area contributed by atoms with E-state index in [4.69, 9.17) is 25.6 Å². The van der Waals surface area contributed by atoms with Crippen LogP contribution in [-0.2, 0) is 18.6 Å². The summed E-state index contributed by atoms with van der Waals surface area (Å²) in [7, 11) is -0.459. The van der Waals surface area contributed by atoms with Crippen molar-refractivity contribution in [2.45, 2.75) is 33.5 Å². The van der Waals surface area contributed by atoms with Crippen molar-refractivity contribution >= 4 is 25.9 Å². The molecule has 0 unspecified atom stereocenters. The van der Waals surface area contributed by atoms with Crippen LogP contribution in [0.2, 0.25) is 5.02 Å². The summed E-state index contributed by atoms with van der Waals surface area (Å²) in [5, 5.41) is 0.647. The highest BCUT2D eigenvalue weighted by atomic mass is 35.5. The fraction of sp³-hybridized carbons (Fsp3) is 0.467. The molecule has 1 aromatic carbocycles. The first-order chi connectivity index (χ1) is 9.98. The van der Waals surface area contributed by atoms with Gasteiger partial charge in [0, 0.05) is 23.8 Å². The van der Waals surface area contributed by atoms with Crippen molar-refractivity contribution in [3.63, 3.8) is 0 Å². The third-order valence-corrected chi connectivity index (χ3v) is 3.51. The van der Waals surface area contributed by atoms with Gasteiger partial charge in [0.05, 0.1) is 0 Å². The molecule has 4 nitrogen and oxygen atoms in total. The van der Waals surface area contributed by atoms with Crippen LogP contribution in [0.5, 0.6) is 0 Å². The molecule has 21 heavy (non-hydrogen) atoms. The van der Waals surface area contributed by atoms with Gasteiger partial charge in [0.25, 0.3) is 0 Å². The van der Waals surface area contributed by atoms with Crippen LogP contribution >= 0.6 is 20.3 Å². The zero-order valence-corrected chi connectivity index (χ0v) is 14.3. The molecule has 0 radical (unpaired) electrons. The van der Waals surface area contributed by atoms with Gasteiger partial charge in [-0.05, 0) is 45.4 Å². The lowest BCUT2D eigenvalue weighted by molar-refractivity contribution is -0.207. The normalized spacial score (nSPS) is 13.2. The van der Waals surface area contributed by atoms with Crippen LogP contribution < -0.4 is 0 Å². The molecule has 0 fully saturated rings. The first-order valence-corrected chi connectivity index (χ1v) is 7.84. The molecule has 116 valence electrons. The minimum atomic E-state index is -1.09. The largest absolute Gasteiger partial charge is 0.406 e. The third-order valence-electron chi connectivity index (χ3n) is 3.00. The topological polar surface area (TPSA) is 44.8 Å². The third kappa shape index (κ3) is 4.79. The summed E-state index contributed by atoms with van der Waals surface area (Å²) < 4.78 is 27.6. The Hall–Kier alpha value is -0.930. The monoisotopic (exact) mass is 330 g/mol. The van der Waals surface area contributed by atoms with Crippen LogP contribution in [0.1, 0.15) is 33.3 Å². The van der Waals surface area contributed by atoms with Crippen molar-refractivity contribution in [2.75, 3.05) is 13.2 Å². The van der Waals surface area contributed by atoms with Crippen LogP contribution in [0.3, 0.4) is 0 Å². The van der Waals surface area contributed by atoms with E-state index >= 15 is 0 Å². The van der Waals surface area contributed by atoms with Gasteiger partial charge in [-0.1, -0.05) is 23.7 Å². The molecule has 1 rings (SSSR count). The molecular weight excluding hydrogens is 311 g/mol. The summed E-state index contributed by atoms with van der Waals surface area (Å²) in [6, 6.07) is 7.29. The Morgan fingerprint density at radius 1 is 1.19 bits per heavy atom. The Labute approximate surface area is 132 Å². The van der Waals surface area contributed by atoms with E-state index in [1.54, 1.807) is 19.1 Å². The van der Waals surface area contributed by atoms with Crippen molar-refractivity contribution in [3.05, 3.63) is 40.6 Å². The number of ether oxygens (including phenoxy) is 2. The molecule has 0 N–H and O–H groups in total. The van der Waals surface area contributed by atoms with Gasteiger partial charge in [-0.15, -0.1) is 0 Å². The summed E-state index contributed by atoms with van der Waals surface area (Å²) in [6.45, 7) is 8.21. The minimum Gasteiger partial charge on any atom is -0.406 e. The van der Waals surface area contributed by atoms with Crippen molar-refractivity contribution in [1.82, 2.24) is 0 Å². The molecular formula is C15H20ClO4P. The summed E-state index contributed by atoms with van der Waals surface area (Å²) in [5.74, 6) is -0.713.